The van der Waals surface area contributed by atoms with Crippen molar-refractivity contribution in [2.75, 3.05) is 11.5 Å². The van der Waals surface area contributed by atoms with E-state index in [1.54, 1.807) is 0 Å². The second-order valence-corrected chi connectivity index (χ2v) is 9.42. The Morgan fingerprint density at radius 1 is 0.615 bits per heavy atom. The summed E-state index contributed by atoms with van der Waals surface area (Å²) in [5.74, 6) is 2.36. The molecule has 0 aromatic heterocycles. The van der Waals surface area contributed by atoms with Crippen LogP contribution < -0.4 is 0 Å². The lowest BCUT2D eigenvalue weighted by molar-refractivity contribution is 1.10. The van der Waals surface area contributed by atoms with Crippen LogP contribution in [0, 0.1) is 13.8 Å². The second kappa shape index (κ2) is 7.32. The zero-order valence-corrected chi connectivity index (χ0v) is 17.7. The van der Waals surface area contributed by atoms with Crippen molar-refractivity contribution in [1.29, 1.82) is 0 Å². The van der Waals surface area contributed by atoms with Crippen molar-refractivity contribution < 1.29 is 0 Å². The van der Waals surface area contributed by atoms with E-state index in [4.69, 9.17) is 0 Å². The molecular formula is C24H26S2. The number of rotatable bonds is 6. The first kappa shape index (κ1) is 18.0. The fraction of sp³-hybridized carbons (Fsp3) is 0.333. The highest BCUT2D eigenvalue weighted by Crippen LogP contribution is 2.44. The molecule has 0 aliphatic carbocycles. The smallest absolute Gasteiger partial charge is 0.0154 e. The largest absolute Gasteiger partial charge is 0.126 e. The highest BCUT2D eigenvalue weighted by Gasteiger charge is 2.16. The molecule has 4 aromatic carbocycles. The number of thioether (sulfide) groups is 2. The summed E-state index contributed by atoms with van der Waals surface area (Å²) >= 11 is 4.01. The summed E-state index contributed by atoms with van der Waals surface area (Å²) in [5.41, 5.74) is 2.80. The van der Waals surface area contributed by atoms with E-state index in [1.165, 1.54) is 77.6 Å². The van der Waals surface area contributed by atoms with Gasteiger partial charge in [0, 0.05) is 9.79 Å². The Balaban J connectivity index is 2.11. The first-order valence-corrected chi connectivity index (χ1v) is 11.6. The molecule has 0 amide bonds. The highest BCUT2D eigenvalue weighted by molar-refractivity contribution is 7.99. The van der Waals surface area contributed by atoms with Gasteiger partial charge in [-0.15, -0.1) is 23.5 Å². The van der Waals surface area contributed by atoms with E-state index in [9.17, 15) is 0 Å². The van der Waals surface area contributed by atoms with Gasteiger partial charge in [-0.05, 0) is 93.8 Å². The van der Waals surface area contributed by atoms with E-state index in [-0.39, 0.29) is 0 Å². The molecule has 4 rings (SSSR count). The van der Waals surface area contributed by atoms with E-state index in [0.29, 0.717) is 0 Å². The fourth-order valence-electron chi connectivity index (χ4n) is 3.93. The SMILES string of the molecule is CCCSc1cc(C)c2ccc3c(C)cc(SCCC)c4ccc1c2c34. The van der Waals surface area contributed by atoms with E-state index >= 15 is 0 Å². The van der Waals surface area contributed by atoms with E-state index in [0.717, 1.165) is 0 Å². The molecule has 0 fully saturated rings. The van der Waals surface area contributed by atoms with Crippen molar-refractivity contribution in [3.8, 4) is 0 Å². The van der Waals surface area contributed by atoms with Gasteiger partial charge in [0.1, 0.15) is 0 Å². The minimum absolute atomic E-state index is 1.18. The number of hydrogen-bond donors (Lipinski definition) is 0. The van der Waals surface area contributed by atoms with E-state index in [1.807, 2.05) is 23.5 Å². The summed E-state index contributed by atoms with van der Waals surface area (Å²) in [6.07, 6.45) is 2.42. The third kappa shape index (κ3) is 2.88. The van der Waals surface area contributed by atoms with Gasteiger partial charge >= 0.3 is 0 Å². The monoisotopic (exact) mass is 378 g/mol. The second-order valence-electron chi connectivity index (χ2n) is 7.15. The molecule has 0 bridgehead atoms. The normalized spacial score (nSPS) is 12.0. The van der Waals surface area contributed by atoms with E-state index in [2.05, 4.69) is 64.1 Å². The first-order valence-electron chi connectivity index (χ1n) is 9.63. The summed E-state index contributed by atoms with van der Waals surface area (Å²) in [7, 11) is 0. The van der Waals surface area contributed by atoms with Crippen LogP contribution in [0.1, 0.15) is 37.8 Å². The van der Waals surface area contributed by atoms with Gasteiger partial charge in [-0.1, -0.05) is 38.1 Å². The Hall–Kier alpha value is -1.38. The van der Waals surface area contributed by atoms with Crippen molar-refractivity contribution in [2.45, 2.75) is 50.3 Å². The third-order valence-corrected chi connectivity index (χ3v) is 7.68. The Bertz CT molecular complexity index is 991. The van der Waals surface area contributed by atoms with Crippen molar-refractivity contribution in [3.05, 3.63) is 47.5 Å². The maximum Gasteiger partial charge on any atom is 0.0154 e. The molecule has 0 spiro atoms. The molecule has 0 radical (unpaired) electrons. The third-order valence-electron chi connectivity index (χ3n) is 5.16. The molecule has 134 valence electrons. The zero-order valence-electron chi connectivity index (χ0n) is 16.1. The van der Waals surface area contributed by atoms with Gasteiger partial charge in [0.05, 0.1) is 0 Å². The summed E-state index contributed by atoms with van der Waals surface area (Å²) in [5, 5.41) is 8.63. The van der Waals surface area contributed by atoms with Gasteiger partial charge in [0.15, 0.2) is 0 Å². The Kier molecular flexibility index (Phi) is 5.07. The predicted molar refractivity (Wildman–Crippen MR) is 122 cm³/mol. The van der Waals surface area contributed by atoms with Crippen LogP contribution in [-0.2, 0) is 0 Å². The van der Waals surface area contributed by atoms with Crippen molar-refractivity contribution in [3.63, 3.8) is 0 Å². The van der Waals surface area contributed by atoms with Crippen LogP contribution >= 0.6 is 23.5 Å². The molecule has 0 aliphatic rings. The molecule has 0 saturated carbocycles. The Morgan fingerprint density at radius 2 is 1.00 bits per heavy atom. The van der Waals surface area contributed by atoms with Crippen LogP contribution in [0.15, 0.2) is 46.2 Å². The Morgan fingerprint density at radius 3 is 1.38 bits per heavy atom. The lowest BCUT2D eigenvalue weighted by Gasteiger charge is -2.18. The molecule has 0 unspecified atom stereocenters. The molecule has 0 aliphatic heterocycles. The van der Waals surface area contributed by atoms with Crippen LogP contribution in [0.2, 0.25) is 0 Å². The standard InChI is InChI=1S/C24H26S2/c1-5-11-25-21-13-15(3)17-7-8-18-16(4)14-22(26-12-6-2)20-10-9-19(21)23(17)24(18)20/h7-10,13-14H,5-6,11-12H2,1-4H3. The maximum absolute atomic E-state index is 2.39. The summed E-state index contributed by atoms with van der Waals surface area (Å²) in [6, 6.07) is 14.2. The van der Waals surface area contributed by atoms with Crippen LogP contribution in [0.3, 0.4) is 0 Å². The zero-order chi connectivity index (χ0) is 18.3. The fourth-order valence-corrected chi connectivity index (χ4v) is 5.95. The lowest BCUT2D eigenvalue weighted by atomic mass is 9.90. The summed E-state index contributed by atoms with van der Waals surface area (Å²) in [4.78, 5) is 2.88. The molecular weight excluding hydrogens is 352 g/mol. The van der Waals surface area contributed by atoms with Crippen molar-refractivity contribution in [2.24, 2.45) is 0 Å². The average molecular weight is 379 g/mol. The van der Waals surface area contributed by atoms with Gasteiger partial charge < -0.3 is 0 Å². The van der Waals surface area contributed by atoms with Crippen LogP contribution in [0.5, 0.6) is 0 Å². The van der Waals surface area contributed by atoms with Crippen LogP contribution in [0.4, 0.5) is 0 Å². The average Bonchev–Trinajstić information content (AvgIpc) is 2.65. The van der Waals surface area contributed by atoms with Gasteiger partial charge in [-0.2, -0.15) is 0 Å². The summed E-state index contributed by atoms with van der Waals surface area (Å²) in [6.45, 7) is 9.05. The topological polar surface area (TPSA) is 0 Å². The molecule has 0 heterocycles. The number of benzene rings is 4. The van der Waals surface area contributed by atoms with Crippen molar-refractivity contribution >= 4 is 55.8 Å². The number of aryl methyl sites for hydroxylation is 2. The van der Waals surface area contributed by atoms with Gasteiger partial charge in [-0.25, -0.2) is 0 Å². The summed E-state index contributed by atoms with van der Waals surface area (Å²) < 4.78 is 0. The Labute approximate surface area is 165 Å². The van der Waals surface area contributed by atoms with E-state index < -0.39 is 0 Å². The maximum atomic E-state index is 2.39. The molecule has 0 nitrogen and oxygen atoms in total. The first-order chi connectivity index (χ1) is 12.7. The molecule has 2 heteroatoms. The molecule has 0 N–H and O–H groups in total. The van der Waals surface area contributed by atoms with Crippen LogP contribution in [-0.4, -0.2) is 11.5 Å². The molecule has 4 aromatic rings. The van der Waals surface area contributed by atoms with Gasteiger partial charge in [-0.3, -0.25) is 0 Å². The molecule has 0 atom stereocenters. The van der Waals surface area contributed by atoms with Gasteiger partial charge in [0.25, 0.3) is 0 Å². The number of hydrogen-bond acceptors (Lipinski definition) is 2. The minimum Gasteiger partial charge on any atom is -0.126 e. The van der Waals surface area contributed by atoms with Crippen LogP contribution in [0.25, 0.3) is 32.3 Å². The molecule has 0 saturated heterocycles. The van der Waals surface area contributed by atoms with Gasteiger partial charge in [0.2, 0.25) is 0 Å². The predicted octanol–water partition coefficient (Wildman–Crippen LogP) is 8.21. The highest BCUT2D eigenvalue weighted by atomic mass is 32.2. The lowest BCUT2D eigenvalue weighted by Crippen LogP contribution is -1.92. The quantitative estimate of drug-likeness (QED) is 0.245. The minimum atomic E-state index is 1.18. The van der Waals surface area contributed by atoms with Crippen molar-refractivity contribution in [1.82, 2.24) is 0 Å². The molecule has 26 heavy (non-hydrogen) atoms.